The van der Waals surface area contributed by atoms with Gasteiger partial charge < -0.3 is 9.47 Å². The molecule has 5 heteroatoms. The topological polar surface area (TPSA) is 35.5 Å². The van der Waals surface area contributed by atoms with Crippen LogP contribution in [-0.4, -0.2) is 24.8 Å². The van der Waals surface area contributed by atoms with Crippen LogP contribution in [-0.2, 0) is 14.3 Å². The fraction of sp³-hybridized carbons (Fsp3) is 0.833. The van der Waals surface area contributed by atoms with Crippen LogP contribution in [0.1, 0.15) is 13.3 Å². The monoisotopic (exact) mass is 166 g/mol. The predicted molar refractivity (Wildman–Crippen MR) is 31.0 cm³/mol. The van der Waals surface area contributed by atoms with Crippen molar-refractivity contribution in [2.24, 2.45) is 0 Å². The van der Waals surface area contributed by atoms with Crippen LogP contribution in [0.25, 0.3) is 0 Å². The first kappa shape index (κ1) is 8.55. The molecule has 11 heavy (non-hydrogen) atoms. The maximum atomic E-state index is 13.0. The van der Waals surface area contributed by atoms with Crippen molar-refractivity contribution in [1.82, 2.24) is 0 Å². The number of carbonyl (C=O) groups excluding carboxylic acids is 1. The average molecular weight is 166 g/mol. The van der Waals surface area contributed by atoms with Crippen LogP contribution in [0.4, 0.5) is 8.78 Å². The van der Waals surface area contributed by atoms with Gasteiger partial charge in [-0.15, -0.1) is 0 Å². The lowest BCUT2D eigenvalue weighted by Crippen LogP contribution is -2.30. The Morgan fingerprint density at radius 2 is 2.36 bits per heavy atom. The van der Waals surface area contributed by atoms with E-state index in [0.717, 1.165) is 0 Å². The van der Waals surface area contributed by atoms with Crippen molar-refractivity contribution >= 4 is 6.29 Å². The van der Waals surface area contributed by atoms with Crippen molar-refractivity contribution in [3.8, 4) is 0 Å². The van der Waals surface area contributed by atoms with Gasteiger partial charge in [0.25, 0.3) is 12.2 Å². The zero-order chi connectivity index (χ0) is 8.48. The second-order valence-corrected chi connectivity index (χ2v) is 2.21. The molecule has 0 aromatic carbocycles. The van der Waals surface area contributed by atoms with Gasteiger partial charge in [0.1, 0.15) is 0 Å². The molecule has 0 aromatic rings. The summed E-state index contributed by atoms with van der Waals surface area (Å²) in [6.07, 6.45) is -3.54. The first-order valence-corrected chi connectivity index (χ1v) is 3.24. The highest BCUT2D eigenvalue weighted by Gasteiger charge is 2.50. The molecule has 3 nitrogen and oxygen atoms in total. The smallest absolute Gasteiger partial charge is 0.268 e. The standard InChI is InChI=1S/C6H8F2O3/c1-2-6(8)5(7)10-4(3-9)11-6/h3-5H,2H2,1H3. The normalized spacial score (nSPS) is 44.3. The molecule has 1 rings (SSSR count). The quantitative estimate of drug-likeness (QED) is 0.572. The molecule has 3 atom stereocenters. The molecule has 0 aliphatic carbocycles. The summed E-state index contributed by atoms with van der Waals surface area (Å²) in [6.45, 7) is 1.41. The summed E-state index contributed by atoms with van der Waals surface area (Å²) in [6, 6.07) is 0. The van der Waals surface area contributed by atoms with Crippen LogP contribution < -0.4 is 0 Å². The maximum absolute atomic E-state index is 13.0. The number of rotatable bonds is 2. The van der Waals surface area contributed by atoms with E-state index >= 15 is 0 Å². The summed E-state index contributed by atoms with van der Waals surface area (Å²) in [4.78, 5) is 9.97. The summed E-state index contributed by atoms with van der Waals surface area (Å²) in [5, 5.41) is 0. The van der Waals surface area contributed by atoms with E-state index in [1.165, 1.54) is 6.92 Å². The van der Waals surface area contributed by atoms with Gasteiger partial charge in [-0.3, -0.25) is 4.79 Å². The Balaban J connectivity index is 2.64. The van der Waals surface area contributed by atoms with Gasteiger partial charge >= 0.3 is 0 Å². The van der Waals surface area contributed by atoms with Crippen molar-refractivity contribution in [2.75, 3.05) is 0 Å². The minimum Gasteiger partial charge on any atom is -0.306 e. The number of halogens is 2. The Morgan fingerprint density at radius 3 is 2.64 bits per heavy atom. The van der Waals surface area contributed by atoms with Gasteiger partial charge in [0.2, 0.25) is 6.29 Å². The molecule has 0 N–H and O–H groups in total. The van der Waals surface area contributed by atoms with Crippen LogP contribution >= 0.6 is 0 Å². The highest BCUT2D eigenvalue weighted by molar-refractivity contribution is 5.54. The second kappa shape index (κ2) is 2.83. The number of hydrogen-bond donors (Lipinski definition) is 0. The van der Waals surface area contributed by atoms with E-state index in [4.69, 9.17) is 0 Å². The third kappa shape index (κ3) is 1.39. The highest BCUT2D eigenvalue weighted by atomic mass is 19.2. The summed E-state index contributed by atoms with van der Waals surface area (Å²) < 4.78 is 34.0. The summed E-state index contributed by atoms with van der Waals surface area (Å²) in [5.41, 5.74) is 0. The minimum atomic E-state index is -2.45. The fourth-order valence-electron chi connectivity index (χ4n) is 0.797. The molecule has 0 aromatic heterocycles. The Kier molecular flexibility index (Phi) is 2.20. The molecule has 1 fully saturated rings. The minimum absolute atomic E-state index is 0.182. The van der Waals surface area contributed by atoms with E-state index in [1.54, 1.807) is 0 Å². The summed E-state index contributed by atoms with van der Waals surface area (Å²) >= 11 is 0. The molecule has 3 unspecified atom stereocenters. The van der Waals surface area contributed by atoms with Gasteiger partial charge in [-0.2, -0.15) is 0 Å². The van der Waals surface area contributed by atoms with Crippen molar-refractivity contribution in [3.63, 3.8) is 0 Å². The number of aldehydes is 1. The molecule has 0 saturated carbocycles. The number of carbonyl (C=O) groups is 1. The fourth-order valence-corrected chi connectivity index (χ4v) is 0.797. The molecule has 0 spiro atoms. The maximum Gasteiger partial charge on any atom is 0.268 e. The van der Waals surface area contributed by atoms with E-state index < -0.39 is 18.5 Å². The average Bonchev–Trinajstić information content (AvgIpc) is 2.29. The molecular weight excluding hydrogens is 158 g/mol. The van der Waals surface area contributed by atoms with Crippen LogP contribution in [0.5, 0.6) is 0 Å². The van der Waals surface area contributed by atoms with E-state index in [9.17, 15) is 13.6 Å². The Labute approximate surface area is 62.3 Å². The Bertz CT molecular complexity index is 164. The molecule has 1 aliphatic rings. The summed E-state index contributed by atoms with van der Waals surface area (Å²) in [5.74, 6) is -2.45. The molecule has 1 aliphatic heterocycles. The van der Waals surface area contributed by atoms with Gasteiger partial charge in [-0.05, 0) is 0 Å². The number of ether oxygens (including phenoxy) is 2. The van der Waals surface area contributed by atoms with Crippen LogP contribution in [0, 0.1) is 0 Å². The molecule has 1 heterocycles. The predicted octanol–water partition coefficient (Wildman–Crippen LogP) is 0.930. The molecule has 0 amide bonds. The largest absolute Gasteiger partial charge is 0.306 e. The van der Waals surface area contributed by atoms with Crippen molar-refractivity contribution in [2.45, 2.75) is 31.8 Å². The number of alkyl halides is 2. The van der Waals surface area contributed by atoms with Gasteiger partial charge in [0, 0.05) is 6.42 Å². The van der Waals surface area contributed by atoms with E-state index in [1.807, 2.05) is 0 Å². The SMILES string of the molecule is CCC1(F)OC(C=O)OC1F. The van der Waals surface area contributed by atoms with E-state index in [0.29, 0.717) is 0 Å². The van der Waals surface area contributed by atoms with Crippen molar-refractivity contribution in [1.29, 1.82) is 0 Å². The lowest BCUT2D eigenvalue weighted by Gasteiger charge is -2.15. The van der Waals surface area contributed by atoms with Crippen molar-refractivity contribution < 1.29 is 23.0 Å². The first-order chi connectivity index (χ1) is 5.12. The zero-order valence-electron chi connectivity index (χ0n) is 5.92. The molecule has 0 bridgehead atoms. The van der Waals surface area contributed by atoms with Gasteiger partial charge in [-0.1, -0.05) is 6.92 Å². The van der Waals surface area contributed by atoms with Gasteiger partial charge in [-0.25, -0.2) is 8.78 Å². The first-order valence-electron chi connectivity index (χ1n) is 3.24. The van der Waals surface area contributed by atoms with Crippen molar-refractivity contribution in [3.05, 3.63) is 0 Å². The second-order valence-electron chi connectivity index (χ2n) is 2.21. The van der Waals surface area contributed by atoms with Gasteiger partial charge in [0.05, 0.1) is 0 Å². The van der Waals surface area contributed by atoms with Crippen LogP contribution in [0.15, 0.2) is 0 Å². The Hall–Kier alpha value is -0.550. The van der Waals surface area contributed by atoms with E-state index in [2.05, 4.69) is 9.47 Å². The van der Waals surface area contributed by atoms with Gasteiger partial charge in [0.15, 0.2) is 6.29 Å². The lowest BCUT2D eigenvalue weighted by atomic mass is 10.2. The zero-order valence-corrected chi connectivity index (χ0v) is 5.92. The third-order valence-electron chi connectivity index (χ3n) is 1.50. The van der Waals surface area contributed by atoms with E-state index in [-0.39, 0.29) is 12.7 Å². The lowest BCUT2D eigenvalue weighted by molar-refractivity contribution is -0.163. The van der Waals surface area contributed by atoms with Crippen LogP contribution in [0.2, 0.25) is 0 Å². The van der Waals surface area contributed by atoms with Crippen LogP contribution in [0.3, 0.4) is 0 Å². The molecule has 0 radical (unpaired) electrons. The third-order valence-corrected chi connectivity index (χ3v) is 1.50. The highest BCUT2D eigenvalue weighted by Crippen LogP contribution is 2.34. The summed E-state index contributed by atoms with van der Waals surface area (Å²) in [7, 11) is 0. The Morgan fingerprint density at radius 1 is 1.73 bits per heavy atom. The molecule has 1 saturated heterocycles. The molecule has 64 valence electrons. The molecular formula is C6H8F2O3. The number of hydrogen-bond acceptors (Lipinski definition) is 3.